The molecule has 0 amide bonds. The van der Waals surface area contributed by atoms with Crippen molar-refractivity contribution in [1.82, 2.24) is 5.32 Å². The minimum Gasteiger partial charge on any atom is -0.481 e. The fraction of sp³-hybridized carbons (Fsp3) is 0.235. The Morgan fingerprint density at radius 3 is 2.91 bits per heavy atom. The van der Waals surface area contributed by atoms with Gasteiger partial charge >= 0.3 is 5.97 Å². The Kier molecular flexibility index (Phi) is 3.71. The molecule has 2 heterocycles. The van der Waals surface area contributed by atoms with Crippen LogP contribution in [-0.2, 0) is 4.79 Å². The molecule has 0 aromatic heterocycles. The molecule has 0 bridgehead atoms. The highest BCUT2D eigenvalue weighted by Gasteiger charge is 2.26. The molecule has 1 aromatic rings. The van der Waals surface area contributed by atoms with Gasteiger partial charge in [-0.2, -0.15) is 0 Å². The second kappa shape index (κ2) is 5.54. The number of rotatable bonds is 1. The van der Waals surface area contributed by atoms with Crippen molar-refractivity contribution in [3.8, 4) is 0 Å². The van der Waals surface area contributed by atoms with Crippen molar-refractivity contribution >= 4 is 41.9 Å². The van der Waals surface area contributed by atoms with E-state index in [2.05, 4.69) is 34.9 Å². The summed E-state index contributed by atoms with van der Waals surface area (Å²) in [5, 5.41) is 18.3. The lowest BCUT2D eigenvalue weighted by molar-refractivity contribution is -0.141. The molecular formula is C17H17ClN2O2. The first-order valence-electron chi connectivity index (χ1n) is 7.19. The molecule has 114 valence electrons. The van der Waals surface area contributed by atoms with Gasteiger partial charge in [0, 0.05) is 30.0 Å². The van der Waals surface area contributed by atoms with Crippen LogP contribution in [0.1, 0.15) is 12.0 Å². The summed E-state index contributed by atoms with van der Waals surface area (Å²) in [6, 6.07) is 4.36. The molecule has 0 saturated heterocycles. The molecule has 22 heavy (non-hydrogen) atoms. The number of hydrogen-bond donors (Lipinski definition) is 3. The van der Waals surface area contributed by atoms with Gasteiger partial charge in [0.05, 0.1) is 5.92 Å². The number of nitrogens with one attached hydrogen (secondary N) is 2. The zero-order valence-corrected chi connectivity index (χ0v) is 12.7. The lowest BCUT2D eigenvalue weighted by atomic mass is 9.91. The molecule has 1 aliphatic carbocycles. The summed E-state index contributed by atoms with van der Waals surface area (Å²) in [5.41, 5.74) is 4.49. The van der Waals surface area contributed by atoms with E-state index in [1.54, 1.807) is 0 Å². The molecular weight excluding hydrogens is 300 g/mol. The SMILES string of the molecule is Cl.O=C(O)C1CNC2=C(C=CC=c3cc4c(cc32)=CCN4)C1. The highest BCUT2D eigenvalue weighted by Crippen LogP contribution is 2.27. The highest BCUT2D eigenvalue weighted by molar-refractivity contribution is 5.85. The maximum atomic E-state index is 11.2. The summed E-state index contributed by atoms with van der Waals surface area (Å²) in [6.07, 6.45) is 8.89. The highest BCUT2D eigenvalue weighted by atomic mass is 35.5. The summed E-state index contributed by atoms with van der Waals surface area (Å²) in [7, 11) is 0. The fourth-order valence-corrected chi connectivity index (χ4v) is 3.22. The molecule has 0 spiro atoms. The smallest absolute Gasteiger partial charge is 0.308 e. The largest absolute Gasteiger partial charge is 0.481 e. The summed E-state index contributed by atoms with van der Waals surface area (Å²) in [6.45, 7) is 1.36. The van der Waals surface area contributed by atoms with Gasteiger partial charge in [-0.05, 0) is 34.6 Å². The summed E-state index contributed by atoms with van der Waals surface area (Å²) in [4.78, 5) is 11.2. The third-order valence-corrected chi connectivity index (χ3v) is 4.34. The van der Waals surface area contributed by atoms with E-state index in [1.807, 2.05) is 12.2 Å². The summed E-state index contributed by atoms with van der Waals surface area (Å²) < 4.78 is 0. The van der Waals surface area contributed by atoms with Gasteiger partial charge in [-0.3, -0.25) is 4.79 Å². The second-order valence-corrected chi connectivity index (χ2v) is 5.66. The molecule has 5 heteroatoms. The van der Waals surface area contributed by atoms with Crippen molar-refractivity contribution in [2.24, 2.45) is 5.92 Å². The minimum atomic E-state index is -0.734. The van der Waals surface area contributed by atoms with E-state index < -0.39 is 5.97 Å². The second-order valence-electron chi connectivity index (χ2n) is 5.66. The van der Waals surface area contributed by atoms with Crippen LogP contribution in [-0.4, -0.2) is 24.2 Å². The predicted octanol–water partition coefficient (Wildman–Crippen LogP) is 1.07. The van der Waals surface area contributed by atoms with Gasteiger partial charge in [0.2, 0.25) is 0 Å². The third kappa shape index (κ3) is 2.29. The van der Waals surface area contributed by atoms with Gasteiger partial charge in [0.25, 0.3) is 0 Å². The molecule has 4 nitrogen and oxygen atoms in total. The molecule has 3 N–H and O–H groups in total. The summed E-state index contributed by atoms with van der Waals surface area (Å²) >= 11 is 0. The molecule has 3 aliphatic rings. The fourth-order valence-electron chi connectivity index (χ4n) is 3.22. The maximum absolute atomic E-state index is 11.2. The Morgan fingerprint density at radius 2 is 2.09 bits per heavy atom. The average Bonchev–Trinajstić information content (AvgIpc) is 2.85. The van der Waals surface area contributed by atoms with Crippen molar-refractivity contribution in [1.29, 1.82) is 0 Å². The van der Waals surface area contributed by atoms with E-state index in [-0.39, 0.29) is 18.3 Å². The van der Waals surface area contributed by atoms with Gasteiger partial charge in [-0.15, -0.1) is 12.4 Å². The number of benzene rings is 1. The molecule has 0 saturated carbocycles. The average molecular weight is 317 g/mol. The first-order chi connectivity index (χ1) is 10.2. The van der Waals surface area contributed by atoms with E-state index in [0.29, 0.717) is 13.0 Å². The Balaban J connectivity index is 0.00000144. The Morgan fingerprint density at radius 1 is 1.23 bits per heavy atom. The minimum absolute atomic E-state index is 0. The monoisotopic (exact) mass is 316 g/mol. The Bertz CT molecular complexity index is 824. The molecule has 1 atom stereocenters. The molecule has 0 radical (unpaired) electrons. The maximum Gasteiger partial charge on any atom is 0.308 e. The standard InChI is InChI=1S/C17H16N2O2.ClH/c20-17(21)13-6-12-3-1-2-10-8-15-11(4-5-18-15)7-14(10)16(12)19-9-13;/h1-4,7-8,13,18-19H,5-6,9H2,(H,20,21);1H. The van der Waals surface area contributed by atoms with Crippen LogP contribution in [0, 0.1) is 5.92 Å². The first-order valence-corrected chi connectivity index (χ1v) is 7.19. The van der Waals surface area contributed by atoms with Crippen LogP contribution in [0.25, 0.3) is 17.8 Å². The zero-order chi connectivity index (χ0) is 14.4. The topological polar surface area (TPSA) is 61.4 Å². The Hall–Kier alpha value is -2.20. The molecule has 0 fully saturated rings. The molecule has 4 rings (SSSR count). The summed E-state index contributed by atoms with van der Waals surface area (Å²) in [5.74, 6) is -1.08. The normalized spacial score (nSPS) is 20.8. The lowest BCUT2D eigenvalue weighted by Gasteiger charge is -2.25. The molecule has 1 aromatic carbocycles. The van der Waals surface area contributed by atoms with Crippen LogP contribution in [0.3, 0.4) is 0 Å². The molecule has 1 unspecified atom stereocenters. The van der Waals surface area contributed by atoms with Gasteiger partial charge in [0.15, 0.2) is 0 Å². The van der Waals surface area contributed by atoms with Crippen LogP contribution in [0.2, 0.25) is 0 Å². The van der Waals surface area contributed by atoms with Crippen LogP contribution in [0.15, 0.2) is 29.9 Å². The van der Waals surface area contributed by atoms with Crippen molar-refractivity contribution in [3.05, 3.63) is 45.9 Å². The number of hydrogen-bond acceptors (Lipinski definition) is 3. The molecule has 2 aliphatic heterocycles. The van der Waals surface area contributed by atoms with E-state index >= 15 is 0 Å². The van der Waals surface area contributed by atoms with Crippen molar-refractivity contribution in [3.63, 3.8) is 0 Å². The Labute approximate surface area is 134 Å². The number of carboxylic acid groups (broad SMARTS) is 1. The van der Waals surface area contributed by atoms with Gasteiger partial charge in [0.1, 0.15) is 0 Å². The van der Waals surface area contributed by atoms with E-state index in [9.17, 15) is 9.90 Å². The predicted molar refractivity (Wildman–Crippen MR) is 90.2 cm³/mol. The number of anilines is 1. The zero-order valence-electron chi connectivity index (χ0n) is 11.9. The van der Waals surface area contributed by atoms with Crippen LogP contribution < -0.4 is 21.1 Å². The van der Waals surface area contributed by atoms with E-state index in [4.69, 9.17) is 0 Å². The number of carbonyl (C=O) groups is 1. The first kappa shape index (κ1) is 14.7. The van der Waals surface area contributed by atoms with Gasteiger partial charge < -0.3 is 15.7 Å². The number of allylic oxidation sites excluding steroid dienone is 3. The quantitative estimate of drug-likeness (QED) is 0.725. The number of carboxylic acids is 1. The van der Waals surface area contributed by atoms with Crippen LogP contribution in [0.5, 0.6) is 0 Å². The number of aliphatic carboxylic acids is 1. The van der Waals surface area contributed by atoms with Crippen LogP contribution >= 0.6 is 12.4 Å². The van der Waals surface area contributed by atoms with E-state index in [0.717, 1.165) is 23.4 Å². The van der Waals surface area contributed by atoms with E-state index in [1.165, 1.54) is 16.1 Å². The van der Waals surface area contributed by atoms with Crippen molar-refractivity contribution in [2.45, 2.75) is 6.42 Å². The number of halogens is 1. The number of fused-ring (bicyclic) bond motifs is 3. The van der Waals surface area contributed by atoms with Crippen molar-refractivity contribution in [2.75, 3.05) is 18.4 Å². The van der Waals surface area contributed by atoms with Crippen LogP contribution in [0.4, 0.5) is 5.69 Å². The van der Waals surface area contributed by atoms with Gasteiger partial charge in [-0.1, -0.05) is 24.3 Å². The lowest BCUT2D eigenvalue weighted by Crippen LogP contribution is -2.34. The van der Waals surface area contributed by atoms with Crippen molar-refractivity contribution < 1.29 is 9.90 Å². The van der Waals surface area contributed by atoms with Gasteiger partial charge in [-0.25, -0.2) is 0 Å². The third-order valence-electron chi connectivity index (χ3n) is 4.34.